The monoisotopic (exact) mass is 174 g/mol. The van der Waals surface area contributed by atoms with Crippen molar-refractivity contribution in [3.63, 3.8) is 0 Å². The average Bonchev–Trinajstić information content (AvgIpc) is 2.18. The van der Waals surface area contributed by atoms with E-state index in [0.717, 1.165) is 12.1 Å². The van der Waals surface area contributed by atoms with Crippen molar-refractivity contribution in [3.05, 3.63) is 29.6 Å². The molecule has 1 rings (SSSR count). The predicted octanol–water partition coefficient (Wildman–Crippen LogP) is 2.64. The largest absolute Gasteiger partial charge is 0.259 e. The Morgan fingerprint density at radius 1 is 1.46 bits per heavy atom. The second-order valence-corrected chi connectivity index (χ2v) is 3.78. The summed E-state index contributed by atoms with van der Waals surface area (Å²) in [7, 11) is 0. The molecule has 13 heavy (non-hydrogen) atoms. The fraction of sp³-hybridized carbons (Fsp3) is 0.455. The smallest absolute Gasteiger partial charge is 0.101 e. The van der Waals surface area contributed by atoms with Crippen molar-refractivity contribution in [2.24, 2.45) is 0 Å². The summed E-state index contributed by atoms with van der Waals surface area (Å²) in [4.78, 5) is 4.27. The third-order valence-electron chi connectivity index (χ3n) is 2.47. The number of hydrogen-bond acceptors (Lipinski definition) is 2. The molecule has 0 unspecified atom stereocenters. The molecule has 0 atom stereocenters. The van der Waals surface area contributed by atoms with Gasteiger partial charge in [0, 0.05) is 17.3 Å². The first-order valence-electron chi connectivity index (χ1n) is 4.47. The zero-order valence-corrected chi connectivity index (χ0v) is 8.33. The number of rotatable bonds is 2. The highest BCUT2D eigenvalue weighted by atomic mass is 14.7. The Bertz CT molecular complexity index is 317. The minimum absolute atomic E-state index is 0.105. The lowest BCUT2D eigenvalue weighted by Crippen LogP contribution is -2.17. The van der Waals surface area contributed by atoms with Crippen LogP contribution in [0.4, 0.5) is 0 Å². The molecule has 0 aliphatic carbocycles. The van der Waals surface area contributed by atoms with E-state index in [1.165, 1.54) is 0 Å². The third kappa shape index (κ3) is 2.06. The van der Waals surface area contributed by atoms with E-state index in [0.29, 0.717) is 5.56 Å². The maximum atomic E-state index is 8.60. The van der Waals surface area contributed by atoms with Gasteiger partial charge < -0.3 is 0 Å². The first kappa shape index (κ1) is 9.73. The van der Waals surface area contributed by atoms with Gasteiger partial charge >= 0.3 is 0 Å². The molecule has 0 aromatic carbocycles. The van der Waals surface area contributed by atoms with Gasteiger partial charge in [-0.2, -0.15) is 5.26 Å². The Morgan fingerprint density at radius 2 is 2.15 bits per heavy atom. The summed E-state index contributed by atoms with van der Waals surface area (Å²) >= 11 is 0. The van der Waals surface area contributed by atoms with E-state index >= 15 is 0 Å². The van der Waals surface area contributed by atoms with Gasteiger partial charge in [0.15, 0.2) is 0 Å². The summed E-state index contributed by atoms with van der Waals surface area (Å²) < 4.78 is 0. The molecule has 1 heterocycles. The third-order valence-corrected chi connectivity index (χ3v) is 2.47. The van der Waals surface area contributed by atoms with Crippen LogP contribution < -0.4 is 0 Å². The Balaban J connectivity index is 3.00. The van der Waals surface area contributed by atoms with Crippen molar-refractivity contribution in [2.45, 2.75) is 32.6 Å². The van der Waals surface area contributed by atoms with Crippen LogP contribution in [0.15, 0.2) is 18.3 Å². The van der Waals surface area contributed by atoms with E-state index in [1.807, 2.05) is 12.1 Å². The van der Waals surface area contributed by atoms with Crippen molar-refractivity contribution in [1.82, 2.24) is 4.98 Å². The molecule has 0 N–H and O–H groups in total. The first-order valence-corrected chi connectivity index (χ1v) is 4.47. The van der Waals surface area contributed by atoms with Gasteiger partial charge in [0.05, 0.1) is 5.56 Å². The van der Waals surface area contributed by atoms with Crippen molar-refractivity contribution in [3.8, 4) is 6.07 Å². The van der Waals surface area contributed by atoms with Crippen molar-refractivity contribution >= 4 is 0 Å². The number of nitriles is 1. The Hall–Kier alpha value is -1.36. The molecule has 68 valence electrons. The van der Waals surface area contributed by atoms with Crippen LogP contribution in [0.3, 0.4) is 0 Å². The van der Waals surface area contributed by atoms with Gasteiger partial charge in [-0.1, -0.05) is 20.8 Å². The molecule has 0 saturated carbocycles. The average molecular weight is 174 g/mol. The molecule has 1 aromatic heterocycles. The molecule has 0 aliphatic rings. The molecule has 0 spiro atoms. The fourth-order valence-electron chi connectivity index (χ4n) is 1.04. The van der Waals surface area contributed by atoms with Crippen LogP contribution in [0.1, 0.15) is 38.4 Å². The van der Waals surface area contributed by atoms with E-state index in [9.17, 15) is 0 Å². The minimum Gasteiger partial charge on any atom is -0.259 e. The van der Waals surface area contributed by atoms with Gasteiger partial charge in [-0.3, -0.25) is 4.98 Å². The Morgan fingerprint density at radius 3 is 2.54 bits per heavy atom. The predicted molar refractivity (Wildman–Crippen MR) is 52.3 cm³/mol. The maximum Gasteiger partial charge on any atom is 0.101 e. The van der Waals surface area contributed by atoms with Crippen molar-refractivity contribution in [1.29, 1.82) is 5.26 Å². The quantitative estimate of drug-likeness (QED) is 0.691. The fourth-order valence-corrected chi connectivity index (χ4v) is 1.04. The normalized spacial score (nSPS) is 10.9. The van der Waals surface area contributed by atoms with Crippen LogP contribution in [-0.4, -0.2) is 4.98 Å². The lowest BCUT2D eigenvalue weighted by atomic mass is 9.86. The van der Waals surface area contributed by atoms with Gasteiger partial charge in [-0.05, 0) is 18.6 Å². The molecule has 0 radical (unpaired) electrons. The second kappa shape index (κ2) is 3.57. The van der Waals surface area contributed by atoms with Gasteiger partial charge in [0.1, 0.15) is 6.07 Å². The zero-order chi connectivity index (χ0) is 9.90. The summed E-state index contributed by atoms with van der Waals surface area (Å²) in [5, 5.41) is 8.60. The standard InChI is InChI=1S/C11H14N2/c1-4-11(2,3)10-6-5-9(7-12)8-13-10/h5-6,8H,4H2,1-3H3. The molecule has 0 aliphatic heterocycles. The van der Waals surface area contributed by atoms with E-state index in [4.69, 9.17) is 5.26 Å². The van der Waals surface area contributed by atoms with Gasteiger partial charge in [0.25, 0.3) is 0 Å². The van der Waals surface area contributed by atoms with E-state index in [2.05, 4.69) is 31.8 Å². The van der Waals surface area contributed by atoms with E-state index in [-0.39, 0.29) is 5.41 Å². The first-order chi connectivity index (χ1) is 6.10. The highest BCUT2D eigenvalue weighted by Crippen LogP contribution is 2.24. The van der Waals surface area contributed by atoms with Crippen LogP contribution in [0.2, 0.25) is 0 Å². The molecule has 0 amide bonds. The molecule has 2 heteroatoms. The van der Waals surface area contributed by atoms with Gasteiger partial charge in [0.2, 0.25) is 0 Å². The number of nitrogens with zero attached hydrogens (tertiary/aromatic N) is 2. The zero-order valence-electron chi connectivity index (χ0n) is 8.33. The summed E-state index contributed by atoms with van der Waals surface area (Å²) in [5.74, 6) is 0. The summed E-state index contributed by atoms with van der Waals surface area (Å²) in [5.41, 5.74) is 1.78. The van der Waals surface area contributed by atoms with Gasteiger partial charge in [-0.15, -0.1) is 0 Å². The molecular formula is C11H14N2. The van der Waals surface area contributed by atoms with Crippen LogP contribution in [0, 0.1) is 11.3 Å². The molecule has 2 nitrogen and oxygen atoms in total. The van der Waals surface area contributed by atoms with Crippen LogP contribution >= 0.6 is 0 Å². The summed E-state index contributed by atoms with van der Waals surface area (Å²) in [6, 6.07) is 5.81. The van der Waals surface area contributed by atoms with Crippen molar-refractivity contribution in [2.75, 3.05) is 0 Å². The number of aromatic nitrogens is 1. The number of hydrogen-bond donors (Lipinski definition) is 0. The molecule has 1 aromatic rings. The highest BCUT2D eigenvalue weighted by molar-refractivity contribution is 5.28. The van der Waals surface area contributed by atoms with E-state index < -0.39 is 0 Å². The topological polar surface area (TPSA) is 36.7 Å². The molecule has 0 bridgehead atoms. The maximum absolute atomic E-state index is 8.60. The lowest BCUT2D eigenvalue weighted by molar-refractivity contribution is 0.490. The Labute approximate surface area is 79.2 Å². The SMILES string of the molecule is CCC(C)(C)c1ccc(C#N)cn1. The molecular weight excluding hydrogens is 160 g/mol. The number of pyridine rings is 1. The molecule has 0 saturated heterocycles. The second-order valence-electron chi connectivity index (χ2n) is 3.78. The van der Waals surface area contributed by atoms with Crippen LogP contribution in [0.5, 0.6) is 0 Å². The van der Waals surface area contributed by atoms with Crippen molar-refractivity contribution < 1.29 is 0 Å². The van der Waals surface area contributed by atoms with Gasteiger partial charge in [-0.25, -0.2) is 0 Å². The lowest BCUT2D eigenvalue weighted by Gasteiger charge is -2.21. The molecule has 0 fully saturated rings. The summed E-state index contributed by atoms with van der Waals surface area (Å²) in [6.07, 6.45) is 2.68. The van der Waals surface area contributed by atoms with Crippen LogP contribution in [-0.2, 0) is 5.41 Å². The Kier molecular flexibility index (Phi) is 2.67. The summed E-state index contributed by atoms with van der Waals surface area (Å²) in [6.45, 7) is 6.45. The minimum atomic E-state index is 0.105. The van der Waals surface area contributed by atoms with Crippen LogP contribution in [0.25, 0.3) is 0 Å². The van der Waals surface area contributed by atoms with E-state index in [1.54, 1.807) is 6.20 Å². The highest BCUT2D eigenvalue weighted by Gasteiger charge is 2.18.